The molecule has 0 aliphatic carbocycles. The molecular formula is C11H12Cl2N2O. The number of amidine groups is 1. The summed E-state index contributed by atoms with van der Waals surface area (Å²) in [6, 6.07) is 4.89. The van der Waals surface area contributed by atoms with Gasteiger partial charge in [-0.05, 0) is 19.1 Å². The Labute approximate surface area is 110 Å². The topological polar surface area (TPSA) is 33.6 Å². The lowest BCUT2D eigenvalue weighted by atomic mass is 10.3. The highest BCUT2D eigenvalue weighted by Gasteiger charge is 2.17. The van der Waals surface area contributed by atoms with Crippen molar-refractivity contribution < 1.29 is 10.2 Å². The molecule has 0 fully saturated rings. The number of halogens is 2. The number of para-hydroxylation sites is 1. The summed E-state index contributed by atoms with van der Waals surface area (Å²) in [6.07, 6.45) is -0.722. The molecule has 1 heterocycles. The molecule has 16 heavy (non-hydrogen) atoms. The minimum Gasteiger partial charge on any atom is -0.480 e. The van der Waals surface area contributed by atoms with Gasteiger partial charge in [0.05, 0.1) is 22.0 Å². The second-order valence-electron chi connectivity index (χ2n) is 3.17. The van der Waals surface area contributed by atoms with E-state index in [9.17, 15) is 0 Å². The van der Waals surface area contributed by atoms with Crippen LogP contribution in [0.1, 0.15) is 12.4 Å². The molecule has 0 unspecified atom stereocenters. The fraction of sp³-hybridized carbons (Fsp3) is 0.364. The number of hydrogen-bond acceptors (Lipinski definition) is 3. The molecule has 3 nitrogen and oxygen atoms in total. The molecule has 1 aromatic carbocycles. The molecule has 0 bridgehead atoms. The number of hydrogen-bond donors (Lipinski definition) is 1. The summed E-state index contributed by atoms with van der Waals surface area (Å²) < 4.78 is 35.6. The quantitative estimate of drug-likeness (QED) is 0.909. The van der Waals surface area contributed by atoms with Crippen LogP contribution < -0.4 is 10.1 Å². The van der Waals surface area contributed by atoms with Gasteiger partial charge in [-0.2, -0.15) is 0 Å². The zero-order chi connectivity index (χ0) is 15.1. The van der Waals surface area contributed by atoms with Crippen LogP contribution in [0, 0.1) is 0 Å². The molecule has 0 amide bonds. The Morgan fingerprint density at radius 3 is 2.75 bits per heavy atom. The number of ether oxygens (including phenoxy) is 1. The van der Waals surface area contributed by atoms with Gasteiger partial charge in [0.2, 0.25) is 0 Å². The van der Waals surface area contributed by atoms with Crippen molar-refractivity contribution in [3.8, 4) is 5.75 Å². The third kappa shape index (κ3) is 2.42. The Bertz CT molecular complexity index is 545. The Balaban J connectivity index is 2.21. The van der Waals surface area contributed by atoms with Gasteiger partial charge in [-0.15, -0.1) is 0 Å². The largest absolute Gasteiger partial charge is 0.480 e. The van der Waals surface area contributed by atoms with Crippen molar-refractivity contribution in [3.63, 3.8) is 0 Å². The van der Waals surface area contributed by atoms with E-state index in [0.29, 0.717) is 10.0 Å². The first-order chi connectivity index (χ1) is 9.14. The Morgan fingerprint density at radius 1 is 1.50 bits per heavy atom. The van der Waals surface area contributed by atoms with Crippen molar-refractivity contribution >= 4 is 29.0 Å². The summed E-state index contributed by atoms with van der Waals surface area (Å²) in [5.41, 5.74) is 0. The maximum atomic E-state index is 7.54. The molecule has 0 saturated carbocycles. The molecule has 86 valence electrons. The monoisotopic (exact) mass is 262 g/mol. The SMILES string of the molecule is [2H]C1([2H])N=C([C@H](C)Oc2c(Cl)cccc2Cl)NC1([2H])[2H]. The van der Waals surface area contributed by atoms with Crippen LogP contribution in [0.2, 0.25) is 10.0 Å². The zero-order valence-corrected chi connectivity index (χ0v) is 9.93. The molecule has 1 N–H and O–H groups in total. The van der Waals surface area contributed by atoms with Crippen LogP contribution in [0.4, 0.5) is 0 Å². The van der Waals surface area contributed by atoms with E-state index in [1.807, 2.05) is 0 Å². The molecule has 1 aliphatic rings. The number of aliphatic imine (C=N–C) groups is 1. The van der Waals surface area contributed by atoms with Crippen LogP contribution in [0.3, 0.4) is 0 Å². The normalized spacial score (nSPS) is 26.6. The van der Waals surface area contributed by atoms with Crippen molar-refractivity contribution in [2.24, 2.45) is 4.99 Å². The van der Waals surface area contributed by atoms with Gasteiger partial charge in [0.25, 0.3) is 0 Å². The molecule has 0 aromatic heterocycles. The maximum absolute atomic E-state index is 7.54. The number of nitrogens with one attached hydrogen (secondary N) is 1. The van der Waals surface area contributed by atoms with E-state index < -0.39 is 19.1 Å². The van der Waals surface area contributed by atoms with E-state index in [2.05, 4.69) is 10.3 Å². The molecule has 1 atom stereocenters. The summed E-state index contributed by atoms with van der Waals surface area (Å²) in [4.78, 5) is 3.68. The van der Waals surface area contributed by atoms with Crippen LogP contribution in [0.15, 0.2) is 23.2 Å². The van der Waals surface area contributed by atoms with E-state index in [0.717, 1.165) is 0 Å². The maximum Gasteiger partial charge on any atom is 0.157 e. The Hall–Kier alpha value is -0.930. The lowest BCUT2D eigenvalue weighted by molar-refractivity contribution is 0.284. The highest BCUT2D eigenvalue weighted by atomic mass is 35.5. The summed E-state index contributed by atoms with van der Waals surface area (Å²) in [5.74, 6) is 0.317. The number of rotatable bonds is 3. The van der Waals surface area contributed by atoms with Gasteiger partial charge in [0.1, 0.15) is 5.84 Å². The van der Waals surface area contributed by atoms with Crippen LogP contribution in [0.5, 0.6) is 5.75 Å². The minimum absolute atomic E-state index is 0.0657. The fourth-order valence-electron chi connectivity index (χ4n) is 1.23. The number of nitrogens with zero attached hydrogens (tertiary/aromatic N) is 1. The first kappa shape index (κ1) is 7.41. The van der Waals surface area contributed by atoms with E-state index in [-0.39, 0.29) is 11.6 Å². The zero-order valence-electron chi connectivity index (χ0n) is 12.4. The molecule has 0 saturated heterocycles. The van der Waals surface area contributed by atoms with Crippen LogP contribution in [-0.2, 0) is 0 Å². The van der Waals surface area contributed by atoms with Gasteiger partial charge in [0.15, 0.2) is 11.9 Å². The van der Waals surface area contributed by atoms with Crippen molar-refractivity contribution in [3.05, 3.63) is 28.2 Å². The minimum atomic E-state index is -2.36. The molecule has 1 aliphatic heterocycles. The highest BCUT2D eigenvalue weighted by molar-refractivity contribution is 6.37. The third-order valence-electron chi connectivity index (χ3n) is 2.02. The van der Waals surface area contributed by atoms with E-state index in [4.69, 9.17) is 33.4 Å². The van der Waals surface area contributed by atoms with Gasteiger partial charge < -0.3 is 10.1 Å². The predicted octanol–water partition coefficient (Wildman–Crippen LogP) is 2.76. The highest BCUT2D eigenvalue weighted by Crippen LogP contribution is 2.33. The lowest BCUT2D eigenvalue weighted by Crippen LogP contribution is -2.33. The van der Waals surface area contributed by atoms with Crippen LogP contribution >= 0.6 is 23.2 Å². The fourth-order valence-corrected chi connectivity index (χ4v) is 1.71. The van der Waals surface area contributed by atoms with Gasteiger partial charge in [0, 0.05) is 6.50 Å². The van der Waals surface area contributed by atoms with E-state index >= 15 is 0 Å². The van der Waals surface area contributed by atoms with E-state index in [1.165, 1.54) is 0 Å². The molecule has 0 radical (unpaired) electrons. The summed E-state index contributed by atoms with van der Waals surface area (Å²) in [7, 11) is 0. The first-order valence-corrected chi connectivity index (χ1v) is 5.38. The third-order valence-corrected chi connectivity index (χ3v) is 2.62. The van der Waals surface area contributed by atoms with Crippen LogP contribution in [-0.4, -0.2) is 24.9 Å². The summed E-state index contributed by atoms with van der Waals surface area (Å²) >= 11 is 11.9. The van der Waals surface area contributed by atoms with Crippen molar-refractivity contribution in [2.45, 2.75) is 13.0 Å². The van der Waals surface area contributed by atoms with Crippen LogP contribution in [0.25, 0.3) is 0 Å². The predicted molar refractivity (Wildman–Crippen MR) is 66.9 cm³/mol. The van der Waals surface area contributed by atoms with Gasteiger partial charge in [-0.1, -0.05) is 29.3 Å². The van der Waals surface area contributed by atoms with Gasteiger partial charge >= 0.3 is 0 Å². The smallest absolute Gasteiger partial charge is 0.157 e. The Kier molecular flexibility index (Phi) is 2.28. The number of benzene rings is 1. The Morgan fingerprint density at radius 2 is 2.19 bits per heavy atom. The molecule has 0 spiro atoms. The average Bonchev–Trinajstić information content (AvgIpc) is 2.53. The second kappa shape index (κ2) is 4.93. The lowest BCUT2D eigenvalue weighted by Gasteiger charge is -2.16. The van der Waals surface area contributed by atoms with E-state index in [1.54, 1.807) is 25.1 Å². The average molecular weight is 263 g/mol. The molecule has 2 rings (SSSR count). The second-order valence-corrected chi connectivity index (χ2v) is 3.98. The molecule has 1 aromatic rings. The summed E-state index contributed by atoms with van der Waals surface area (Å²) in [6.45, 7) is -3.04. The summed E-state index contributed by atoms with van der Waals surface area (Å²) in [5, 5.41) is 3.00. The van der Waals surface area contributed by atoms with Gasteiger partial charge in [-0.25, -0.2) is 0 Å². The van der Waals surface area contributed by atoms with Crippen molar-refractivity contribution in [2.75, 3.05) is 13.0 Å². The van der Waals surface area contributed by atoms with Gasteiger partial charge in [-0.3, -0.25) is 4.99 Å². The first-order valence-electron chi connectivity index (χ1n) is 6.63. The standard InChI is InChI=1S/C11H12Cl2N2O/c1-7(11-14-5-6-15-11)16-10-8(12)3-2-4-9(10)13/h2-4,7H,5-6H2,1H3,(H,14,15)/t7-/m0/s1/i5D2,6D2. The van der Waals surface area contributed by atoms with Crippen molar-refractivity contribution in [1.82, 2.24) is 5.32 Å². The molecule has 5 heteroatoms. The van der Waals surface area contributed by atoms with Crippen molar-refractivity contribution in [1.29, 1.82) is 0 Å². The molecular weight excluding hydrogens is 247 g/mol.